The van der Waals surface area contributed by atoms with Crippen molar-refractivity contribution in [2.75, 3.05) is 6.54 Å². The maximum Gasteiger partial charge on any atom is 0.133 e. The molecule has 21 heavy (non-hydrogen) atoms. The number of halogens is 1. The molecule has 1 aliphatic rings. The molecule has 2 heterocycles. The van der Waals surface area contributed by atoms with E-state index in [1.54, 1.807) is 12.1 Å². The van der Waals surface area contributed by atoms with Gasteiger partial charge in [-0.3, -0.25) is 0 Å². The molecule has 110 valence electrons. The molecule has 1 unspecified atom stereocenters. The Hall–Kier alpha value is -1.81. The van der Waals surface area contributed by atoms with Crippen LogP contribution in [-0.2, 0) is 6.42 Å². The molecule has 3 rings (SSSR count). The fraction of sp³-hybridized carbons (Fsp3) is 0.412. The summed E-state index contributed by atoms with van der Waals surface area (Å²) in [5.74, 6) is 0.591. The van der Waals surface area contributed by atoms with Crippen LogP contribution in [0.5, 0.6) is 0 Å². The summed E-state index contributed by atoms with van der Waals surface area (Å²) >= 11 is 0. The summed E-state index contributed by atoms with van der Waals surface area (Å²) in [6.45, 7) is 5.18. The number of nitrogens with one attached hydrogen (secondary N) is 1. The maximum atomic E-state index is 12.9. The highest BCUT2D eigenvalue weighted by Crippen LogP contribution is 2.27. The molecule has 2 aromatic rings. The topological polar surface area (TPSA) is 37.8 Å². The highest BCUT2D eigenvalue weighted by Gasteiger charge is 2.21. The molecule has 1 aromatic heterocycles. The van der Waals surface area contributed by atoms with E-state index in [9.17, 15) is 4.39 Å². The summed E-state index contributed by atoms with van der Waals surface area (Å²) in [5.41, 5.74) is 4.38. The van der Waals surface area contributed by atoms with E-state index in [1.165, 1.54) is 24.1 Å². The van der Waals surface area contributed by atoms with E-state index < -0.39 is 0 Å². The first kappa shape index (κ1) is 14.1. The van der Waals surface area contributed by atoms with Crippen LogP contribution in [0.25, 0.3) is 0 Å². The lowest BCUT2D eigenvalue weighted by atomic mass is 10.0. The largest absolute Gasteiger partial charge is 0.310 e. The lowest BCUT2D eigenvalue weighted by Crippen LogP contribution is -2.17. The van der Waals surface area contributed by atoms with Crippen molar-refractivity contribution in [2.45, 2.75) is 39.2 Å². The number of hydrogen-bond donors (Lipinski definition) is 1. The second-order valence-electron chi connectivity index (χ2n) is 5.68. The molecule has 1 atom stereocenters. The van der Waals surface area contributed by atoms with Crippen molar-refractivity contribution in [3.63, 3.8) is 0 Å². The van der Waals surface area contributed by atoms with Gasteiger partial charge in [0.05, 0.1) is 0 Å². The van der Waals surface area contributed by atoms with Crippen LogP contribution in [0.1, 0.15) is 47.2 Å². The van der Waals surface area contributed by atoms with Crippen LogP contribution in [0.3, 0.4) is 0 Å². The van der Waals surface area contributed by atoms with Gasteiger partial charge in [-0.25, -0.2) is 14.4 Å². The monoisotopic (exact) mass is 285 g/mol. The average Bonchev–Trinajstić information content (AvgIpc) is 2.94. The Bertz CT molecular complexity index is 608. The van der Waals surface area contributed by atoms with Gasteiger partial charge in [0.1, 0.15) is 11.6 Å². The molecule has 0 aliphatic carbocycles. The fourth-order valence-electron chi connectivity index (χ4n) is 3.09. The van der Waals surface area contributed by atoms with Gasteiger partial charge in [0, 0.05) is 29.4 Å². The molecule has 0 saturated carbocycles. The Morgan fingerprint density at radius 1 is 1.14 bits per heavy atom. The Morgan fingerprint density at radius 3 is 2.38 bits per heavy atom. The molecular formula is C17H20FN3. The molecule has 0 amide bonds. The number of nitrogens with zero attached hydrogens (tertiary/aromatic N) is 2. The van der Waals surface area contributed by atoms with Gasteiger partial charge in [0.25, 0.3) is 0 Å². The minimum Gasteiger partial charge on any atom is -0.310 e. The lowest BCUT2D eigenvalue weighted by molar-refractivity contribution is 0.625. The van der Waals surface area contributed by atoms with E-state index >= 15 is 0 Å². The van der Waals surface area contributed by atoms with Crippen LogP contribution in [0, 0.1) is 19.7 Å². The quantitative estimate of drug-likeness (QED) is 0.940. The average molecular weight is 285 g/mol. The zero-order chi connectivity index (χ0) is 14.8. The summed E-state index contributed by atoms with van der Waals surface area (Å²) in [7, 11) is 0. The predicted molar refractivity (Wildman–Crippen MR) is 80.7 cm³/mol. The minimum atomic E-state index is -0.213. The van der Waals surface area contributed by atoms with Gasteiger partial charge in [-0.2, -0.15) is 0 Å². The van der Waals surface area contributed by atoms with E-state index in [0.29, 0.717) is 12.5 Å². The predicted octanol–water partition coefficient (Wildman–Crippen LogP) is 3.25. The highest BCUT2D eigenvalue weighted by molar-refractivity contribution is 5.30. The fourth-order valence-corrected chi connectivity index (χ4v) is 3.09. The molecule has 4 heteroatoms. The first-order valence-corrected chi connectivity index (χ1v) is 7.45. The Balaban J connectivity index is 1.85. The van der Waals surface area contributed by atoms with Crippen LogP contribution in [0.2, 0.25) is 0 Å². The zero-order valence-electron chi connectivity index (χ0n) is 12.5. The van der Waals surface area contributed by atoms with E-state index in [4.69, 9.17) is 0 Å². The molecule has 1 fully saturated rings. The van der Waals surface area contributed by atoms with Crippen molar-refractivity contribution in [3.05, 3.63) is 58.4 Å². The van der Waals surface area contributed by atoms with Crippen molar-refractivity contribution in [1.82, 2.24) is 15.3 Å². The zero-order valence-corrected chi connectivity index (χ0v) is 12.5. The molecule has 1 N–H and O–H groups in total. The third-order valence-electron chi connectivity index (χ3n) is 4.06. The van der Waals surface area contributed by atoms with Crippen molar-refractivity contribution in [1.29, 1.82) is 0 Å². The summed E-state index contributed by atoms with van der Waals surface area (Å²) in [4.78, 5) is 9.30. The van der Waals surface area contributed by atoms with Crippen molar-refractivity contribution in [3.8, 4) is 0 Å². The smallest absolute Gasteiger partial charge is 0.133 e. The van der Waals surface area contributed by atoms with Gasteiger partial charge >= 0.3 is 0 Å². The number of benzene rings is 1. The minimum absolute atomic E-state index is 0.213. The van der Waals surface area contributed by atoms with Crippen LogP contribution in [-0.4, -0.2) is 16.5 Å². The van der Waals surface area contributed by atoms with Gasteiger partial charge in [0.15, 0.2) is 0 Å². The Morgan fingerprint density at radius 2 is 1.81 bits per heavy atom. The van der Waals surface area contributed by atoms with Gasteiger partial charge in [-0.05, 0) is 50.9 Å². The van der Waals surface area contributed by atoms with E-state index in [2.05, 4.69) is 29.1 Å². The van der Waals surface area contributed by atoms with Crippen molar-refractivity contribution < 1.29 is 4.39 Å². The number of rotatable bonds is 3. The highest BCUT2D eigenvalue weighted by atomic mass is 19.1. The van der Waals surface area contributed by atoms with Gasteiger partial charge in [0.2, 0.25) is 0 Å². The van der Waals surface area contributed by atoms with E-state index in [1.807, 2.05) is 0 Å². The first-order valence-electron chi connectivity index (χ1n) is 7.45. The lowest BCUT2D eigenvalue weighted by Gasteiger charge is -2.16. The summed E-state index contributed by atoms with van der Waals surface area (Å²) in [5, 5.41) is 3.51. The second kappa shape index (κ2) is 5.90. The molecule has 1 aromatic carbocycles. The van der Waals surface area contributed by atoms with Crippen LogP contribution in [0.4, 0.5) is 4.39 Å². The van der Waals surface area contributed by atoms with E-state index in [0.717, 1.165) is 35.7 Å². The summed E-state index contributed by atoms with van der Waals surface area (Å²) < 4.78 is 12.9. The molecule has 1 saturated heterocycles. The van der Waals surface area contributed by atoms with E-state index in [-0.39, 0.29) is 5.82 Å². The third kappa shape index (κ3) is 3.10. The van der Waals surface area contributed by atoms with Gasteiger partial charge in [-0.1, -0.05) is 12.1 Å². The third-order valence-corrected chi connectivity index (χ3v) is 4.06. The maximum absolute atomic E-state index is 12.9. The molecule has 0 bridgehead atoms. The Labute approximate surface area is 124 Å². The normalized spacial score (nSPS) is 18.1. The number of aromatic nitrogens is 2. The molecule has 3 nitrogen and oxygen atoms in total. The number of hydrogen-bond acceptors (Lipinski definition) is 3. The van der Waals surface area contributed by atoms with Gasteiger partial charge in [-0.15, -0.1) is 0 Å². The molecule has 0 radical (unpaired) electrons. The van der Waals surface area contributed by atoms with Crippen molar-refractivity contribution >= 4 is 0 Å². The SMILES string of the molecule is Cc1nc(Cc2ccc(F)cc2)nc(C)c1C1CCCN1. The second-order valence-corrected chi connectivity index (χ2v) is 5.68. The first-order chi connectivity index (χ1) is 10.1. The summed E-state index contributed by atoms with van der Waals surface area (Å²) in [6, 6.07) is 6.92. The molecule has 0 spiro atoms. The Kier molecular flexibility index (Phi) is 3.97. The van der Waals surface area contributed by atoms with Crippen LogP contribution >= 0.6 is 0 Å². The molecular weight excluding hydrogens is 265 g/mol. The van der Waals surface area contributed by atoms with Gasteiger partial charge < -0.3 is 5.32 Å². The van der Waals surface area contributed by atoms with Crippen LogP contribution in [0.15, 0.2) is 24.3 Å². The number of aryl methyl sites for hydroxylation is 2. The van der Waals surface area contributed by atoms with Crippen molar-refractivity contribution in [2.24, 2.45) is 0 Å². The standard InChI is InChI=1S/C17H20FN3/c1-11-17(15-4-3-9-19-15)12(2)21-16(20-11)10-13-5-7-14(18)8-6-13/h5-8,15,19H,3-4,9-10H2,1-2H3. The molecule has 1 aliphatic heterocycles. The van der Waals surface area contributed by atoms with Crippen LogP contribution < -0.4 is 5.32 Å². The summed E-state index contributed by atoms with van der Waals surface area (Å²) in [6.07, 6.45) is 3.00.